The lowest BCUT2D eigenvalue weighted by atomic mass is 10.2. The summed E-state index contributed by atoms with van der Waals surface area (Å²) in [6.45, 7) is 0. The highest BCUT2D eigenvalue weighted by Crippen LogP contribution is 2.34. The molecule has 0 atom stereocenters. The van der Waals surface area contributed by atoms with Crippen molar-refractivity contribution in [3.8, 4) is 0 Å². The Kier molecular flexibility index (Phi) is 3.96. The second kappa shape index (κ2) is 5.38. The minimum absolute atomic E-state index is 0.0523. The van der Waals surface area contributed by atoms with Crippen LogP contribution in [-0.4, -0.2) is 4.98 Å². The molecule has 0 fully saturated rings. The van der Waals surface area contributed by atoms with Crippen molar-refractivity contribution < 1.29 is 13.2 Å². The van der Waals surface area contributed by atoms with Gasteiger partial charge in [0.2, 0.25) is 0 Å². The largest absolute Gasteiger partial charge is 0.433 e. The second-order valence-corrected chi connectivity index (χ2v) is 4.75. The first-order chi connectivity index (χ1) is 9.27. The maximum absolute atomic E-state index is 12.6. The van der Waals surface area contributed by atoms with Gasteiger partial charge in [-0.3, -0.25) is 0 Å². The van der Waals surface area contributed by atoms with Gasteiger partial charge in [-0.1, -0.05) is 23.2 Å². The first-order valence-corrected chi connectivity index (χ1v) is 6.08. The molecule has 0 saturated heterocycles. The smallest absolute Gasteiger partial charge is 0.396 e. The molecule has 1 aromatic heterocycles. The highest BCUT2D eigenvalue weighted by atomic mass is 35.5. The number of benzene rings is 1. The molecule has 0 unspecified atom stereocenters. The van der Waals surface area contributed by atoms with Crippen molar-refractivity contribution in [2.24, 2.45) is 0 Å². The highest BCUT2D eigenvalue weighted by molar-refractivity contribution is 6.35. The molecule has 20 heavy (non-hydrogen) atoms. The van der Waals surface area contributed by atoms with Gasteiger partial charge in [0, 0.05) is 5.02 Å². The van der Waals surface area contributed by atoms with E-state index in [1.54, 1.807) is 6.07 Å². The SMILES string of the molecule is Nc1cnc(C(F)(F)F)cc1Nc1cc(Cl)ccc1Cl. The summed E-state index contributed by atoms with van der Waals surface area (Å²) in [5.74, 6) is 0. The van der Waals surface area contributed by atoms with Gasteiger partial charge < -0.3 is 11.1 Å². The molecule has 1 aromatic carbocycles. The molecule has 0 amide bonds. The van der Waals surface area contributed by atoms with E-state index in [0.29, 0.717) is 15.7 Å². The predicted molar refractivity (Wildman–Crippen MR) is 73.4 cm³/mol. The predicted octanol–water partition coefficient (Wildman–Crippen LogP) is 4.73. The Morgan fingerprint density at radius 1 is 1.10 bits per heavy atom. The Labute approximate surface area is 122 Å². The van der Waals surface area contributed by atoms with Crippen LogP contribution in [0.15, 0.2) is 30.5 Å². The second-order valence-electron chi connectivity index (χ2n) is 3.90. The molecule has 3 nitrogen and oxygen atoms in total. The average Bonchev–Trinajstić information content (AvgIpc) is 2.35. The molecule has 0 aliphatic heterocycles. The fourth-order valence-corrected chi connectivity index (χ4v) is 1.80. The number of nitrogens with two attached hydrogens (primary N) is 1. The van der Waals surface area contributed by atoms with E-state index in [0.717, 1.165) is 12.3 Å². The number of nitrogens with zero attached hydrogens (tertiary/aromatic N) is 1. The summed E-state index contributed by atoms with van der Waals surface area (Å²) in [6.07, 6.45) is -3.62. The monoisotopic (exact) mass is 321 g/mol. The van der Waals surface area contributed by atoms with Crippen molar-refractivity contribution in [2.45, 2.75) is 6.18 Å². The first kappa shape index (κ1) is 14.7. The molecular weight excluding hydrogens is 314 g/mol. The number of hydrogen-bond donors (Lipinski definition) is 2. The molecule has 106 valence electrons. The molecule has 0 bridgehead atoms. The van der Waals surface area contributed by atoms with Crippen molar-refractivity contribution in [3.63, 3.8) is 0 Å². The topological polar surface area (TPSA) is 50.9 Å². The van der Waals surface area contributed by atoms with Gasteiger partial charge in [0.25, 0.3) is 0 Å². The van der Waals surface area contributed by atoms with Gasteiger partial charge in [-0.2, -0.15) is 13.2 Å². The van der Waals surface area contributed by atoms with E-state index in [-0.39, 0.29) is 11.4 Å². The normalized spacial score (nSPS) is 11.4. The van der Waals surface area contributed by atoms with Crippen LogP contribution in [0.4, 0.5) is 30.2 Å². The zero-order valence-corrected chi connectivity index (χ0v) is 11.3. The van der Waals surface area contributed by atoms with Crippen molar-refractivity contribution in [1.82, 2.24) is 4.98 Å². The molecule has 8 heteroatoms. The van der Waals surface area contributed by atoms with Gasteiger partial charge in [0.1, 0.15) is 5.69 Å². The van der Waals surface area contributed by atoms with E-state index in [1.165, 1.54) is 12.1 Å². The fourth-order valence-electron chi connectivity index (χ4n) is 1.47. The number of anilines is 3. The summed E-state index contributed by atoms with van der Waals surface area (Å²) in [7, 11) is 0. The van der Waals surface area contributed by atoms with Crippen LogP contribution in [0.1, 0.15) is 5.69 Å². The summed E-state index contributed by atoms with van der Waals surface area (Å²) in [4.78, 5) is 3.24. The Morgan fingerprint density at radius 3 is 2.45 bits per heavy atom. The molecule has 3 N–H and O–H groups in total. The Morgan fingerprint density at radius 2 is 1.80 bits per heavy atom. The van der Waals surface area contributed by atoms with E-state index >= 15 is 0 Å². The van der Waals surface area contributed by atoms with Crippen LogP contribution in [0.2, 0.25) is 10.0 Å². The molecule has 0 spiro atoms. The van der Waals surface area contributed by atoms with Crippen molar-refractivity contribution in [1.29, 1.82) is 0 Å². The van der Waals surface area contributed by atoms with Gasteiger partial charge in [0.15, 0.2) is 0 Å². The number of aromatic nitrogens is 1. The number of hydrogen-bond acceptors (Lipinski definition) is 3. The highest BCUT2D eigenvalue weighted by Gasteiger charge is 2.33. The van der Waals surface area contributed by atoms with Crippen molar-refractivity contribution in [2.75, 3.05) is 11.1 Å². The number of pyridine rings is 1. The summed E-state index contributed by atoms with van der Waals surface area (Å²) < 4.78 is 37.8. The van der Waals surface area contributed by atoms with Crippen molar-refractivity contribution >= 4 is 40.3 Å². The van der Waals surface area contributed by atoms with Gasteiger partial charge in [-0.15, -0.1) is 0 Å². The molecule has 2 aromatic rings. The van der Waals surface area contributed by atoms with Crippen LogP contribution in [-0.2, 0) is 6.18 Å². The lowest BCUT2D eigenvalue weighted by Gasteiger charge is -2.13. The summed E-state index contributed by atoms with van der Waals surface area (Å²) in [6, 6.07) is 5.38. The zero-order chi connectivity index (χ0) is 14.9. The van der Waals surface area contributed by atoms with Gasteiger partial charge >= 0.3 is 6.18 Å². The summed E-state index contributed by atoms with van der Waals surface area (Å²) in [5, 5.41) is 3.41. The van der Waals surface area contributed by atoms with Crippen molar-refractivity contribution in [3.05, 3.63) is 46.2 Å². The number of nitrogen functional groups attached to an aromatic ring is 1. The summed E-state index contributed by atoms with van der Waals surface area (Å²) >= 11 is 11.7. The fraction of sp³-hybridized carbons (Fsp3) is 0.0833. The molecule has 2 rings (SSSR count). The third-order valence-electron chi connectivity index (χ3n) is 2.42. The number of rotatable bonds is 2. The first-order valence-electron chi connectivity index (χ1n) is 5.32. The molecule has 0 aliphatic carbocycles. The molecule has 0 aliphatic rings. The van der Waals surface area contributed by atoms with Gasteiger partial charge in [-0.25, -0.2) is 4.98 Å². The van der Waals surface area contributed by atoms with Crippen LogP contribution in [0, 0.1) is 0 Å². The molecule has 0 radical (unpaired) electrons. The van der Waals surface area contributed by atoms with E-state index in [1.807, 2.05) is 0 Å². The summed E-state index contributed by atoms with van der Waals surface area (Å²) in [5.41, 5.74) is 5.02. The third kappa shape index (κ3) is 3.26. The van der Waals surface area contributed by atoms with Crippen LogP contribution in [0.25, 0.3) is 0 Å². The quantitative estimate of drug-likeness (QED) is 0.840. The number of alkyl halides is 3. The van der Waals surface area contributed by atoms with E-state index in [9.17, 15) is 13.2 Å². The Balaban J connectivity index is 2.40. The Bertz CT molecular complexity index is 644. The maximum Gasteiger partial charge on any atom is 0.433 e. The van der Waals surface area contributed by atoms with Gasteiger partial charge in [0.05, 0.1) is 28.3 Å². The minimum atomic E-state index is -4.55. The number of nitrogens with one attached hydrogen (secondary N) is 1. The van der Waals surface area contributed by atoms with Crippen LogP contribution >= 0.6 is 23.2 Å². The molecular formula is C12H8Cl2F3N3. The molecule has 0 saturated carbocycles. The van der Waals surface area contributed by atoms with E-state index in [4.69, 9.17) is 28.9 Å². The average molecular weight is 322 g/mol. The lowest BCUT2D eigenvalue weighted by molar-refractivity contribution is -0.141. The molecule has 1 heterocycles. The third-order valence-corrected chi connectivity index (χ3v) is 2.99. The van der Waals surface area contributed by atoms with E-state index < -0.39 is 11.9 Å². The standard InChI is InChI=1S/C12H8Cl2F3N3/c13-6-1-2-7(14)9(3-6)20-10-4-11(12(15,16)17)19-5-8(10)18/h1-5H,18H2,(H,19,20). The lowest BCUT2D eigenvalue weighted by Crippen LogP contribution is -2.09. The van der Waals surface area contributed by atoms with Gasteiger partial charge in [-0.05, 0) is 24.3 Å². The minimum Gasteiger partial charge on any atom is -0.396 e. The van der Waals surface area contributed by atoms with Crippen LogP contribution in [0.5, 0.6) is 0 Å². The number of halogens is 5. The van der Waals surface area contributed by atoms with E-state index in [2.05, 4.69) is 10.3 Å². The zero-order valence-electron chi connectivity index (χ0n) is 9.80. The van der Waals surface area contributed by atoms with Crippen LogP contribution in [0.3, 0.4) is 0 Å². The maximum atomic E-state index is 12.6. The Hall–Kier alpha value is -1.66. The van der Waals surface area contributed by atoms with Crippen LogP contribution < -0.4 is 11.1 Å².